The number of benzene rings is 12. The van der Waals surface area contributed by atoms with Gasteiger partial charge in [0, 0.05) is 70.3 Å². The predicted octanol–water partition coefficient (Wildman–Crippen LogP) is 21.2. The molecule has 0 aliphatic carbocycles. The minimum absolute atomic E-state index is 1.07. The van der Waals surface area contributed by atoms with Crippen LogP contribution in [0.2, 0.25) is 0 Å². The second-order valence-electron chi connectivity index (χ2n) is 20.5. The summed E-state index contributed by atoms with van der Waals surface area (Å²) in [5, 5.41) is 6.22. The third-order valence-electron chi connectivity index (χ3n) is 16.0. The summed E-state index contributed by atoms with van der Waals surface area (Å²) in [6.07, 6.45) is 2.19. The normalized spacial score (nSPS) is 11.9. The maximum absolute atomic E-state index is 2.40. The van der Waals surface area contributed by atoms with Gasteiger partial charge in [0.25, 0.3) is 0 Å². The minimum Gasteiger partial charge on any atom is -0.316 e. The molecule has 3 aromatic heterocycles. The van der Waals surface area contributed by atoms with E-state index in [1.54, 1.807) is 0 Å². The fourth-order valence-corrected chi connectivity index (χ4v) is 16.3. The van der Waals surface area contributed by atoms with Crippen molar-refractivity contribution in [1.29, 1.82) is 0 Å². The van der Waals surface area contributed by atoms with Gasteiger partial charge in [-0.2, -0.15) is 0 Å². The lowest BCUT2D eigenvalue weighted by molar-refractivity contribution is 1.18. The van der Waals surface area contributed by atoms with Crippen LogP contribution in [0.4, 0.5) is 17.1 Å². The van der Waals surface area contributed by atoms with Crippen LogP contribution in [0.1, 0.15) is 0 Å². The number of hydrogen-bond acceptors (Lipinski definition) is 1. The number of para-hydroxylation sites is 2. The van der Waals surface area contributed by atoms with Gasteiger partial charge in [0.05, 0.1) is 22.1 Å². The zero-order chi connectivity index (χ0) is 53.0. The molecule has 12 aromatic carbocycles. The highest BCUT2D eigenvalue weighted by atomic mass is 32.3. The summed E-state index contributed by atoms with van der Waals surface area (Å²) in [5.74, 6) is 0. The molecule has 3 nitrogen and oxygen atoms in total. The van der Waals surface area contributed by atoms with Gasteiger partial charge >= 0.3 is 0 Å². The predicted molar refractivity (Wildman–Crippen MR) is 338 cm³/mol. The van der Waals surface area contributed by atoms with Crippen LogP contribution in [0.25, 0.3) is 88.1 Å². The first-order valence-corrected chi connectivity index (χ1v) is 29.0. The third-order valence-corrected chi connectivity index (χ3v) is 19.9. The Bertz CT molecular complexity index is 4610. The molecule has 0 amide bonds. The van der Waals surface area contributed by atoms with Crippen molar-refractivity contribution in [2.45, 2.75) is 19.6 Å². The van der Waals surface area contributed by atoms with Crippen LogP contribution in [-0.2, 0) is 0 Å². The highest BCUT2D eigenvalue weighted by Gasteiger charge is 2.33. The molecule has 0 aliphatic rings. The van der Waals surface area contributed by atoms with Gasteiger partial charge in [-0.3, -0.25) is 0 Å². The van der Waals surface area contributed by atoms with Crippen LogP contribution >= 0.6 is 10.0 Å². The van der Waals surface area contributed by atoms with Gasteiger partial charge in [-0.1, -0.05) is 176 Å². The quantitative estimate of drug-likeness (QED) is 0.126. The molecule has 0 unspecified atom stereocenters. The first-order valence-electron chi connectivity index (χ1n) is 27.4. The standard InChI is InChI=1S/C76H53N3S/c1-6-20-57(21-7-1)75-73-32-18-19-51-77(73)74-50-39-56-33-34-58(52-69(56)76(74)75)54-35-41-61(42-36-54)78(63-45-47-67(48-46-63)80(64-24-10-3-11-25-64,65-26-12-4-13-27-65)66-28-14-5-15-29-66)62-43-37-55(38-44-62)59-40-49-72-70(53-59)68-30-16-17-31-71(68)79(72)60-22-8-2-9-23-60/h1-53H. The van der Waals surface area contributed by atoms with Crippen LogP contribution in [0.3, 0.4) is 0 Å². The maximum atomic E-state index is 2.40. The van der Waals surface area contributed by atoms with Crippen molar-refractivity contribution in [2.24, 2.45) is 0 Å². The van der Waals surface area contributed by atoms with Crippen LogP contribution in [0.15, 0.2) is 341 Å². The number of nitrogens with zero attached hydrogens (tertiary/aromatic N) is 3. The van der Waals surface area contributed by atoms with Gasteiger partial charge in [0.2, 0.25) is 0 Å². The average molecular weight is 1040 g/mol. The van der Waals surface area contributed by atoms with E-state index in [0.717, 1.165) is 33.9 Å². The fraction of sp³-hybridized carbons (Fsp3) is 0. The number of aromatic nitrogens is 2. The maximum Gasteiger partial charge on any atom is 0.0541 e. The zero-order valence-electron chi connectivity index (χ0n) is 43.8. The van der Waals surface area contributed by atoms with Gasteiger partial charge in [0.1, 0.15) is 0 Å². The number of pyridine rings is 1. The Hall–Kier alpha value is -10.1. The Morgan fingerprint density at radius 3 is 1.30 bits per heavy atom. The summed E-state index contributed by atoms with van der Waals surface area (Å²) in [6.45, 7) is 0. The summed E-state index contributed by atoms with van der Waals surface area (Å²) >= 11 is 0. The Balaban J connectivity index is 0.856. The average Bonchev–Trinajstić information content (AvgIpc) is 4.25. The largest absolute Gasteiger partial charge is 0.316 e. The topological polar surface area (TPSA) is 12.6 Å². The van der Waals surface area contributed by atoms with Gasteiger partial charge in [-0.05, 0) is 178 Å². The van der Waals surface area contributed by atoms with Crippen molar-refractivity contribution in [3.63, 3.8) is 0 Å². The van der Waals surface area contributed by atoms with Crippen molar-refractivity contribution in [3.8, 4) is 39.1 Å². The number of hydrogen-bond donors (Lipinski definition) is 0. The minimum atomic E-state index is -1.88. The molecule has 0 radical (unpaired) electrons. The summed E-state index contributed by atoms with van der Waals surface area (Å²) in [6, 6.07) is 116. The van der Waals surface area contributed by atoms with Gasteiger partial charge in [-0.15, -0.1) is 10.0 Å². The molecule has 0 saturated heterocycles. The SMILES string of the molecule is c1ccc(-c2c3c4cc(-c5ccc(N(c6ccc(-c7ccc8c(c7)c7ccccc7n8-c7ccccc7)cc6)c6ccc(S(c7ccccc7)(c7ccccc7)c7ccccc7)cc6)cc5)ccc4ccc3n3ccccc23)cc1. The lowest BCUT2D eigenvalue weighted by atomic mass is 9.95. The lowest BCUT2D eigenvalue weighted by Gasteiger charge is -2.42. The molecule has 15 rings (SSSR count). The second-order valence-corrected chi connectivity index (χ2v) is 23.6. The van der Waals surface area contributed by atoms with E-state index in [4.69, 9.17) is 0 Å². The molecule has 4 heteroatoms. The van der Waals surface area contributed by atoms with Crippen molar-refractivity contribution in [1.82, 2.24) is 8.97 Å². The Morgan fingerprint density at radius 1 is 0.275 bits per heavy atom. The summed E-state index contributed by atoms with van der Waals surface area (Å²) < 4.78 is 4.71. The highest BCUT2D eigenvalue weighted by molar-refractivity contribution is 8.34. The van der Waals surface area contributed by atoms with E-state index in [2.05, 4.69) is 336 Å². The Labute approximate surface area is 467 Å². The van der Waals surface area contributed by atoms with E-state index in [1.165, 1.54) is 90.8 Å². The van der Waals surface area contributed by atoms with Crippen LogP contribution in [0.5, 0.6) is 0 Å². The molecular weight excluding hydrogens is 987 g/mol. The van der Waals surface area contributed by atoms with Gasteiger partial charge < -0.3 is 13.9 Å². The summed E-state index contributed by atoms with van der Waals surface area (Å²) in [7, 11) is -1.88. The molecule has 80 heavy (non-hydrogen) atoms. The Morgan fingerprint density at radius 2 is 0.700 bits per heavy atom. The lowest BCUT2D eigenvalue weighted by Crippen LogP contribution is -2.10. The van der Waals surface area contributed by atoms with Crippen molar-refractivity contribution < 1.29 is 0 Å². The van der Waals surface area contributed by atoms with Crippen LogP contribution in [-0.4, -0.2) is 8.97 Å². The van der Waals surface area contributed by atoms with Crippen LogP contribution < -0.4 is 4.90 Å². The molecule has 0 saturated carbocycles. The summed E-state index contributed by atoms with van der Waals surface area (Å²) in [5.41, 5.74) is 16.4. The molecule has 378 valence electrons. The third kappa shape index (κ3) is 7.83. The first kappa shape index (κ1) is 47.1. The second kappa shape index (κ2) is 19.7. The van der Waals surface area contributed by atoms with Gasteiger partial charge in [-0.25, -0.2) is 0 Å². The van der Waals surface area contributed by atoms with Gasteiger partial charge in [0.15, 0.2) is 0 Å². The number of fused-ring (bicyclic) bond motifs is 8. The fourth-order valence-electron chi connectivity index (χ4n) is 12.4. The molecule has 0 N–H and O–H groups in total. The number of rotatable bonds is 11. The first-order chi connectivity index (χ1) is 39.7. The Kier molecular flexibility index (Phi) is 11.6. The van der Waals surface area contributed by atoms with E-state index < -0.39 is 10.0 Å². The van der Waals surface area contributed by atoms with Crippen molar-refractivity contribution >= 4 is 76.1 Å². The molecular formula is C76H53N3S. The number of anilines is 3. The molecule has 0 spiro atoms. The van der Waals surface area contributed by atoms with E-state index in [9.17, 15) is 0 Å². The molecule has 3 heterocycles. The van der Waals surface area contributed by atoms with E-state index >= 15 is 0 Å². The van der Waals surface area contributed by atoms with E-state index in [-0.39, 0.29) is 0 Å². The molecule has 0 bridgehead atoms. The van der Waals surface area contributed by atoms with E-state index in [1.807, 2.05) is 0 Å². The molecule has 0 fully saturated rings. The zero-order valence-corrected chi connectivity index (χ0v) is 44.7. The molecule has 0 atom stereocenters. The molecule has 15 aromatic rings. The van der Waals surface area contributed by atoms with Crippen molar-refractivity contribution in [2.75, 3.05) is 4.90 Å². The summed E-state index contributed by atoms with van der Waals surface area (Å²) in [4.78, 5) is 7.57. The molecule has 0 aliphatic heterocycles. The smallest absolute Gasteiger partial charge is 0.0541 e. The van der Waals surface area contributed by atoms with Crippen molar-refractivity contribution in [3.05, 3.63) is 322 Å². The van der Waals surface area contributed by atoms with Crippen LogP contribution in [0, 0.1) is 0 Å². The highest BCUT2D eigenvalue weighted by Crippen LogP contribution is 2.73. The monoisotopic (exact) mass is 1040 g/mol. The van der Waals surface area contributed by atoms with E-state index in [0.29, 0.717) is 0 Å².